The zero-order valence-corrected chi connectivity index (χ0v) is 7.88. The molecule has 2 nitrogen and oxygen atoms in total. The summed E-state index contributed by atoms with van der Waals surface area (Å²) in [4.78, 5) is 11.0. The van der Waals surface area contributed by atoms with E-state index in [4.69, 9.17) is 5.11 Å². The molecule has 1 aromatic rings. The highest BCUT2D eigenvalue weighted by Crippen LogP contribution is 2.28. The van der Waals surface area contributed by atoms with Crippen LogP contribution in [0, 0.1) is 6.92 Å². The molecule has 0 radical (unpaired) electrons. The lowest BCUT2D eigenvalue weighted by Crippen LogP contribution is -1.93. The van der Waals surface area contributed by atoms with E-state index in [1.54, 1.807) is 11.8 Å². The Hall–Kier alpha value is -0.480. The molecule has 11 heavy (non-hydrogen) atoms. The Labute approximate surface area is 73.2 Å². The van der Waals surface area contributed by atoms with Crippen molar-refractivity contribution in [3.63, 3.8) is 0 Å². The molecule has 0 atom stereocenters. The van der Waals surface area contributed by atoms with Crippen LogP contribution in [0.4, 0.5) is 0 Å². The maximum atomic E-state index is 10.6. The Morgan fingerprint density at radius 2 is 2.36 bits per heavy atom. The van der Waals surface area contributed by atoms with Gasteiger partial charge in [0.2, 0.25) is 0 Å². The van der Waals surface area contributed by atoms with Crippen molar-refractivity contribution in [3.05, 3.63) is 16.5 Å². The Kier molecular flexibility index (Phi) is 2.57. The molecule has 1 aromatic heterocycles. The van der Waals surface area contributed by atoms with Crippen LogP contribution < -0.4 is 0 Å². The zero-order chi connectivity index (χ0) is 8.43. The van der Waals surface area contributed by atoms with Crippen molar-refractivity contribution in [1.29, 1.82) is 0 Å². The normalized spacial score (nSPS) is 10.0. The summed E-state index contributed by atoms with van der Waals surface area (Å²) in [7, 11) is 0. The first-order valence-electron chi connectivity index (χ1n) is 3.03. The summed E-state index contributed by atoms with van der Waals surface area (Å²) in [6.07, 6.45) is 1.94. The van der Waals surface area contributed by atoms with Crippen molar-refractivity contribution in [2.24, 2.45) is 0 Å². The van der Waals surface area contributed by atoms with Gasteiger partial charge in [-0.05, 0) is 24.8 Å². The number of hydrogen-bond donors (Lipinski definition) is 1. The molecule has 0 aromatic carbocycles. The highest BCUT2D eigenvalue weighted by Gasteiger charge is 2.10. The van der Waals surface area contributed by atoms with Crippen LogP contribution in [0.25, 0.3) is 0 Å². The lowest BCUT2D eigenvalue weighted by atomic mass is 10.3. The third-order valence-electron chi connectivity index (χ3n) is 1.29. The van der Waals surface area contributed by atoms with Crippen LogP contribution in [-0.2, 0) is 0 Å². The van der Waals surface area contributed by atoms with E-state index in [1.165, 1.54) is 11.3 Å². The predicted octanol–water partition coefficient (Wildman–Crippen LogP) is 2.48. The minimum Gasteiger partial charge on any atom is -0.477 e. The van der Waals surface area contributed by atoms with E-state index in [2.05, 4.69) is 0 Å². The summed E-state index contributed by atoms with van der Waals surface area (Å²) < 4.78 is 1.06. The number of thioether (sulfide) groups is 1. The van der Waals surface area contributed by atoms with Gasteiger partial charge in [-0.25, -0.2) is 4.79 Å². The molecule has 0 unspecified atom stereocenters. The minimum absolute atomic E-state index is 0.453. The number of thiophene rings is 1. The number of aromatic carboxylic acids is 1. The zero-order valence-electron chi connectivity index (χ0n) is 6.25. The van der Waals surface area contributed by atoms with Gasteiger partial charge in [0.25, 0.3) is 0 Å². The van der Waals surface area contributed by atoms with Crippen molar-refractivity contribution < 1.29 is 9.90 Å². The third kappa shape index (κ3) is 1.75. The SMILES string of the molecule is CSc1cc(C)c(C(=O)O)s1. The van der Waals surface area contributed by atoms with Gasteiger partial charge in [-0.1, -0.05) is 0 Å². The molecular formula is C7H8O2S2. The summed E-state index contributed by atoms with van der Waals surface area (Å²) in [6, 6.07) is 1.90. The monoisotopic (exact) mass is 188 g/mol. The standard InChI is InChI=1S/C7H8O2S2/c1-4-3-5(10-2)11-6(4)7(8)9/h3H,1-2H3,(H,8,9). The first kappa shape index (κ1) is 8.62. The van der Waals surface area contributed by atoms with E-state index < -0.39 is 5.97 Å². The van der Waals surface area contributed by atoms with Crippen molar-refractivity contribution in [1.82, 2.24) is 0 Å². The molecule has 4 heteroatoms. The molecule has 0 spiro atoms. The second-order valence-electron chi connectivity index (χ2n) is 2.09. The average Bonchev–Trinajstić information content (AvgIpc) is 2.30. The van der Waals surface area contributed by atoms with Gasteiger partial charge in [0.1, 0.15) is 4.88 Å². The van der Waals surface area contributed by atoms with Crippen LogP contribution in [0.1, 0.15) is 15.2 Å². The van der Waals surface area contributed by atoms with E-state index in [0.29, 0.717) is 4.88 Å². The molecule has 0 aliphatic carbocycles. The Balaban J connectivity index is 3.07. The van der Waals surface area contributed by atoms with Crippen molar-refractivity contribution >= 4 is 29.1 Å². The second kappa shape index (κ2) is 3.28. The largest absolute Gasteiger partial charge is 0.477 e. The molecule has 1 N–H and O–H groups in total. The van der Waals surface area contributed by atoms with Crippen molar-refractivity contribution in [2.75, 3.05) is 6.26 Å². The molecule has 0 saturated carbocycles. The summed E-state index contributed by atoms with van der Waals surface area (Å²) in [6.45, 7) is 1.82. The fraction of sp³-hybridized carbons (Fsp3) is 0.286. The average molecular weight is 188 g/mol. The molecule has 1 heterocycles. The number of rotatable bonds is 2. The van der Waals surface area contributed by atoms with Crippen LogP contribution in [0.3, 0.4) is 0 Å². The van der Waals surface area contributed by atoms with E-state index >= 15 is 0 Å². The molecule has 0 saturated heterocycles. The molecule has 0 amide bonds. The van der Waals surface area contributed by atoms with Crippen molar-refractivity contribution in [2.45, 2.75) is 11.1 Å². The molecule has 0 fully saturated rings. The Morgan fingerprint density at radius 3 is 2.64 bits per heavy atom. The summed E-state index contributed by atoms with van der Waals surface area (Å²) in [5, 5.41) is 8.68. The predicted molar refractivity (Wildman–Crippen MR) is 47.8 cm³/mol. The first-order valence-corrected chi connectivity index (χ1v) is 5.07. The smallest absolute Gasteiger partial charge is 0.346 e. The number of carboxylic acid groups (broad SMARTS) is 1. The van der Waals surface area contributed by atoms with E-state index in [9.17, 15) is 4.79 Å². The minimum atomic E-state index is -0.826. The first-order chi connectivity index (χ1) is 5.15. The summed E-state index contributed by atoms with van der Waals surface area (Å²) in [5.74, 6) is -0.826. The third-order valence-corrected chi connectivity index (χ3v) is 3.58. The highest BCUT2D eigenvalue weighted by molar-refractivity contribution is 8.00. The number of carbonyl (C=O) groups is 1. The van der Waals surface area contributed by atoms with E-state index in [-0.39, 0.29) is 0 Å². The van der Waals surface area contributed by atoms with Gasteiger partial charge >= 0.3 is 5.97 Å². The van der Waals surface area contributed by atoms with Gasteiger partial charge in [0.05, 0.1) is 4.21 Å². The molecular weight excluding hydrogens is 180 g/mol. The fourth-order valence-electron chi connectivity index (χ4n) is 0.766. The molecule has 1 rings (SSSR count). The molecule has 0 aliphatic rings. The molecule has 0 bridgehead atoms. The number of carboxylic acids is 1. The van der Waals surface area contributed by atoms with Gasteiger partial charge < -0.3 is 5.11 Å². The van der Waals surface area contributed by atoms with Gasteiger partial charge in [-0.2, -0.15) is 0 Å². The number of aryl methyl sites for hydroxylation is 1. The highest BCUT2D eigenvalue weighted by atomic mass is 32.2. The van der Waals surface area contributed by atoms with E-state index in [0.717, 1.165) is 9.77 Å². The second-order valence-corrected chi connectivity index (χ2v) is 4.25. The summed E-state index contributed by atoms with van der Waals surface area (Å²) >= 11 is 2.91. The van der Waals surface area contributed by atoms with Gasteiger partial charge in [0.15, 0.2) is 0 Å². The lowest BCUT2D eigenvalue weighted by Gasteiger charge is -1.86. The van der Waals surface area contributed by atoms with Gasteiger partial charge in [-0.15, -0.1) is 23.1 Å². The quantitative estimate of drug-likeness (QED) is 0.724. The molecule has 0 aliphatic heterocycles. The van der Waals surface area contributed by atoms with Gasteiger partial charge in [-0.3, -0.25) is 0 Å². The van der Waals surface area contributed by atoms with Gasteiger partial charge in [0, 0.05) is 0 Å². The van der Waals surface area contributed by atoms with Crippen molar-refractivity contribution in [3.8, 4) is 0 Å². The Bertz CT molecular complexity index is 278. The lowest BCUT2D eigenvalue weighted by molar-refractivity contribution is 0.0701. The number of hydrogen-bond acceptors (Lipinski definition) is 3. The van der Waals surface area contributed by atoms with Crippen LogP contribution in [0.15, 0.2) is 10.3 Å². The maximum Gasteiger partial charge on any atom is 0.346 e. The fourth-order valence-corrected chi connectivity index (χ4v) is 2.39. The molecule has 60 valence electrons. The maximum absolute atomic E-state index is 10.6. The topological polar surface area (TPSA) is 37.3 Å². The summed E-state index contributed by atoms with van der Waals surface area (Å²) in [5.41, 5.74) is 0.854. The van der Waals surface area contributed by atoms with Crippen LogP contribution in [-0.4, -0.2) is 17.3 Å². The Morgan fingerprint density at radius 1 is 1.73 bits per heavy atom. The van der Waals surface area contributed by atoms with Crippen LogP contribution in [0.5, 0.6) is 0 Å². The van der Waals surface area contributed by atoms with E-state index in [1.807, 2.05) is 19.2 Å². The van der Waals surface area contributed by atoms with Crippen LogP contribution in [0.2, 0.25) is 0 Å². The van der Waals surface area contributed by atoms with Crippen LogP contribution >= 0.6 is 23.1 Å².